The van der Waals surface area contributed by atoms with E-state index in [0.717, 1.165) is 20.5 Å². The van der Waals surface area contributed by atoms with Gasteiger partial charge in [0.05, 0.1) is 23.0 Å². The fraction of sp³-hybridized carbons (Fsp3) is 0.222. The van der Waals surface area contributed by atoms with Gasteiger partial charge < -0.3 is 4.57 Å². The molecule has 0 amide bonds. The van der Waals surface area contributed by atoms with Gasteiger partial charge in [0.15, 0.2) is 0 Å². The van der Waals surface area contributed by atoms with Crippen LogP contribution in [0.25, 0.3) is 27.2 Å². The largest absolute Gasteiger partial charge is 0.338 e. The highest BCUT2D eigenvalue weighted by Crippen LogP contribution is 2.33. The van der Waals surface area contributed by atoms with Crippen molar-refractivity contribution in [2.75, 3.05) is 0 Å². The molecule has 0 radical (unpaired) electrons. The van der Waals surface area contributed by atoms with Crippen molar-refractivity contribution >= 4 is 38.5 Å². The Labute approximate surface area is 141 Å². The third-order valence-corrected chi connectivity index (χ3v) is 5.56. The zero-order valence-electron chi connectivity index (χ0n) is 13.3. The van der Waals surface area contributed by atoms with Gasteiger partial charge in [-0.3, -0.25) is 4.79 Å². The SMILES string of the molecule is C=Cc1cc2c(s1)c1cnn(CC3=C(F)CCC=C3)c(=O)c1n2C. The zero-order valence-corrected chi connectivity index (χ0v) is 14.1. The first-order chi connectivity index (χ1) is 11.6. The molecule has 0 unspecified atom stereocenters. The molecule has 3 heterocycles. The van der Waals surface area contributed by atoms with Gasteiger partial charge >= 0.3 is 0 Å². The molecule has 1 aliphatic carbocycles. The van der Waals surface area contributed by atoms with Crippen LogP contribution in [0, 0.1) is 0 Å². The van der Waals surface area contributed by atoms with E-state index in [-0.39, 0.29) is 17.9 Å². The van der Waals surface area contributed by atoms with Crippen LogP contribution in [-0.4, -0.2) is 14.3 Å². The lowest BCUT2D eigenvalue weighted by atomic mass is 10.1. The van der Waals surface area contributed by atoms with Crippen molar-refractivity contribution in [3.63, 3.8) is 0 Å². The number of aryl methyl sites for hydroxylation is 1. The quantitative estimate of drug-likeness (QED) is 0.717. The van der Waals surface area contributed by atoms with Gasteiger partial charge in [0.1, 0.15) is 11.3 Å². The Balaban J connectivity index is 1.89. The molecule has 0 saturated heterocycles. The van der Waals surface area contributed by atoms with Crippen LogP contribution in [0.5, 0.6) is 0 Å². The molecule has 0 N–H and O–H groups in total. The molecule has 3 aromatic heterocycles. The fourth-order valence-electron chi connectivity index (χ4n) is 3.13. The molecule has 0 spiro atoms. The average Bonchev–Trinajstić information content (AvgIpc) is 3.11. The van der Waals surface area contributed by atoms with Gasteiger partial charge in [-0.25, -0.2) is 9.07 Å². The number of nitrogens with zero attached hydrogens (tertiary/aromatic N) is 3. The Hall–Kier alpha value is -2.47. The highest BCUT2D eigenvalue weighted by atomic mass is 32.1. The number of thiophene rings is 1. The Morgan fingerprint density at radius 2 is 2.33 bits per heavy atom. The number of fused-ring (bicyclic) bond motifs is 3. The topological polar surface area (TPSA) is 39.8 Å². The van der Waals surface area contributed by atoms with Crippen molar-refractivity contribution in [2.45, 2.75) is 19.4 Å². The predicted molar refractivity (Wildman–Crippen MR) is 97.0 cm³/mol. The summed E-state index contributed by atoms with van der Waals surface area (Å²) < 4.78 is 18.2. The summed E-state index contributed by atoms with van der Waals surface area (Å²) in [6.45, 7) is 3.95. The molecular weight excluding hydrogens is 325 g/mol. The number of allylic oxidation sites excluding steroid dienone is 4. The Kier molecular flexibility index (Phi) is 3.49. The van der Waals surface area contributed by atoms with Gasteiger partial charge in [0.25, 0.3) is 5.56 Å². The summed E-state index contributed by atoms with van der Waals surface area (Å²) >= 11 is 1.59. The van der Waals surface area contributed by atoms with Crippen molar-refractivity contribution in [3.8, 4) is 0 Å². The standard InChI is InChI=1S/C18H16FN3OS/c1-3-12-8-15-17(24-12)13-9-20-22(18(23)16(13)21(15)2)10-11-6-4-5-7-14(11)19/h3-4,6,8-9H,1,5,7,10H2,2H3. The van der Waals surface area contributed by atoms with Gasteiger partial charge in [-0.2, -0.15) is 5.10 Å². The first-order valence-electron chi connectivity index (χ1n) is 7.74. The van der Waals surface area contributed by atoms with Crippen LogP contribution in [0.4, 0.5) is 4.39 Å². The lowest BCUT2D eigenvalue weighted by Gasteiger charge is -2.11. The van der Waals surface area contributed by atoms with Gasteiger partial charge in [0.2, 0.25) is 0 Å². The highest BCUT2D eigenvalue weighted by molar-refractivity contribution is 7.20. The van der Waals surface area contributed by atoms with Crippen LogP contribution < -0.4 is 5.56 Å². The lowest BCUT2D eigenvalue weighted by molar-refractivity contribution is 0.549. The van der Waals surface area contributed by atoms with Crippen LogP contribution in [0.2, 0.25) is 0 Å². The van der Waals surface area contributed by atoms with Crippen LogP contribution in [0.3, 0.4) is 0 Å². The minimum Gasteiger partial charge on any atom is -0.338 e. The molecule has 0 bridgehead atoms. The second-order valence-electron chi connectivity index (χ2n) is 5.87. The van der Waals surface area contributed by atoms with Crippen molar-refractivity contribution in [1.82, 2.24) is 14.3 Å². The Morgan fingerprint density at radius 1 is 1.50 bits per heavy atom. The minimum atomic E-state index is -0.196. The maximum absolute atomic E-state index is 13.9. The summed E-state index contributed by atoms with van der Waals surface area (Å²) in [5, 5.41) is 5.10. The van der Waals surface area contributed by atoms with E-state index in [1.165, 1.54) is 4.68 Å². The maximum atomic E-state index is 13.9. The van der Waals surface area contributed by atoms with Crippen LogP contribution >= 0.6 is 11.3 Å². The molecule has 6 heteroatoms. The molecule has 4 nitrogen and oxygen atoms in total. The third-order valence-electron chi connectivity index (χ3n) is 4.41. The summed E-state index contributed by atoms with van der Waals surface area (Å²) in [7, 11) is 1.87. The van der Waals surface area contributed by atoms with E-state index in [1.54, 1.807) is 29.7 Å². The number of hydrogen-bond acceptors (Lipinski definition) is 3. The molecule has 0 atom stereocenters. The summed E-state index contributed by atoms with van der Waals surface area (Å²) in [4.78, 5) is 13.9. The normalized spacial score (nSPS) is 14.9. The van der Waals surface area contributed by atoms with Gasteiger partial charge in [-0.05, 0) is 12.5 Å². The molecule has 122 valence electrons. The molecule has 4 rings (SSSR count). The van der Waals surface area contributed by atoms with Crippen molar-refractivity contribution < 1.29 is 4.39 Å². The van der Waals surface area contributed by atoms with E-state index in [2.05, 4.69) is 11.7 Å². The molecule has 0 aliphatic heterocycles. The van der Waals surface area contributed by atoms with E-state index in [9.17, 15) is 9.18 Å². The number of rotatable bonds is 3. The Bertz CT molecular complexity index is 1100. The minimum absolute atomic E-state index is 0.158. The molecule has 3 aromatic rings. The second-order valence-corrected chi connectivity index (χ2v) is 6.95. The van der Waals surface area contributed by atoms with Gasteiger partial charge in [-0.15, -0.1) is 11.3 Å². The van der Waals surface area contributed by atoms with E-state index in [0.29, 0.717) is 23.9 Å². The maximum Gasteiger partial charge on any atom is 0.291 e. The van der Waals surface area contributed by atoms with E-state index < -0.39 is 0 Å². The number of hydrogen-bond donors (Lipinski definition) is 0. The molecule has 0 aromatic carbocycles. The Morgan fingerprint density at radius 3 is 3.08 bits per heavy atom. The highest BCUT2D eigenvalue weighted by Gasteiger charge is 2.17. The van der Waals surface area contributed by atoms with Crippen molar-refractivity contribution in [1.29, 1.82) is 0 Å². The average molecular weight is 341 g/mol. The molecule has 24 heavy (non-hydrogen) atoms. The molecule has 1 aliphatic rings. The van der Waals surface area contributed by atoms with Crippen molar-refractivity contribution in [3.05, 3.63) is 57.6 Å². The lowest BCUT2D eigenvalue weighted by Crippen LogP contribution is -2.25. The molecule has 0 fully saturated rings. The first kappa shape index (κ1) is 15.1. The van der Waals surface area contributed by atoms with Gasteiger partial charge in [0, 0.05) is 29.3 Å². The van der Waals surface area contributed by atoms with E-state index >= 15 is 0 Å². The third kappa shape index (κ3) is 2.17. The fourth-order valence-corrected chi connectivity index (χ4v) is 4.18. The summed E-state index contributed by atoms with van der Waals surface area (Å²) in [6, 6.07) is 2.02. The van der Waals surface area contributed by atoms with Crippen LogP contribution in [0.1, 0.15) is 17.7 Å². The van der Waals surface area contributed by atoms with Crippen molar-refractivity contribution in [2.24, 2.45) is 7.05 Å². The summed E-state index contributed by atoms with van der Waals surface area (Å²) in [6.07, 6.45) is 8.28. The second kappa shape index (κ2) is 5.56. The number of aromatic nitrogens is 3. The van der Waals surface area contributed by atoms with Crippen LogP contribution in [0.15, 0.2) is 47.2 Å². The molecule has 0 saturated carbocycles. The zero-order chi connectivity index (χ0) is 16.8. The van der Waals surface area contributed by atoms with E-state index in [1.807, 2.05) is 23.8 Å². The summed E-state index contributed by atoms with van der Waals surface area (Å²) in [5.74, 6) is -0.158. The van der Waals surface area contributed by atoms with Gasteiger partial charge in [-0.1, -0.05) is 24.8 Å². The van der Waals surface area contributed by atoms with E-state index in [4.69, 9.17) is 0 Å². The molecular formula is C18H16FN3OS. The summed E-state index contributed by atoms with van der Waals surface area (Å²) in [5.41, 5.74) is 1.92. The number of halogens is 1. The predicted octanol–water partition coefficient (Wildman–Crippen LogP) is 4.17. The van der Waals surface area contributed by atoms with Crippen LogP contribution in [-0.2, 0) is 13.6 Å². The first-order valence-corrected chi connectivity index (χ1v) is 8.56. The monoisotopic (exact) mass is 341 g/mol. The smallest absolute Gasteiger partial charge is 0.291 e.